The second kappa shape index (κ2) is 7.50. The fraction of sp³-hybridized carbons (Fsp3) is 0.818. The van der Waals surface area contributed by atoms with Gasteiger partial charge in [0.1, 0.15) is 24.4 Å². The number of rotatable bonds is 6. The highest BCUT2D eigenvalue weighted by molar-refractivity contribution is 5.73. The number of hydrogen-bond donors (Lipinski definition) is 5. The van der Waals surface area contributed by atoms with Crippen molar-refractivity contribution in [3.8, 4) is 0 Å². The van der Waals surface area contributed by atoms with Crippen molar-refractivity contribution in [3.05, 3.63) is 0 Å². The SMILES string of the molecule is CC(=O)N[C@@H]1[C@@H](OCCC(=O)O)[C@H](O)[C@H](CO)O[C@@H]1O. The molecule has 0 aromatic carbocycles. The predicted octanol–water partition coefficient (Wildman–Crippen LogP) is -2.58. The van der Waals surface area contributed by atoms with Crippen LogP contribution < -0.4 is 5.32 Å². The average Bonchev–Trinajstić information content (AvgIpc) is 2.36. The van der Waals surface area contributed by atoms with Gasteiger partial charge < -0.3 is 35.2 Å². The smallest absolute Gasteiger partial charge is 0.305 e. The number of carbonyl (C=O) groups is 2. The van der Waals surface area contributed by atoms with Crippen molar-refractivity contribution in [2.45, 2.75) is 44.0 Å². The number of aliphatic hydroxyl groups is 3. The molecule has 116 valence electrons. The van der Waals surface area contributed by atoms with Gasteiger partial charge in [-0.2, -0.15) is 0 Å². The maximum Gasteiger partial charge on any atom is 0.305 e. The number of aliphatic hydroxyl groups excluding tert-OH is 3. The number of aliphatic carboxylic acids is 1. The molecule has 9 heteroatoms. The first-order valence-corrected chi connectivity index (χ1v) is 6.09. The normalized spacial score (nSPS) is 33.7. The van der Waals surface area contributed by atoms with Crippen molar-refractivity contribution in [1.29, 1.82) is 0 Å². The number of carboxylic acids is 1. The van der Waals surface area contributed by atoms with Gasteiger partial charge in [0.15, 0.2) is 6.29 Å². The Balaban J connectivity index is 2.76. The standard InChI is InChI=1S/C11H19NO8/c1-5(14)12-8-10(19-3-2-7(15)16)9(17)6(4-13)20-11(8)18/h6,8-11,13,17-18H,2-4H2,1H3,(H,12,14)(H,15,16)/t6-,8+,9+,10+,11-/m0/s1. The first kappa shape index (κ1) is 16.8. The van der Waals surface area contributed by atoms with Crippen LogP contribution in [0.1, 0.15) is 13.3 Å². The molecule has 1 aliphatic rings. The summed E-state index contributed by atoms with van der Waals surface area (Å²) in [6, 6.07) is -1.06. The van der Waals surface area contributed by atoms with E-state index in [4.69, 9.17) is 19.7 Å². The molecule has 0 aliphatic carbocycles. The molecule has 0 spiro atoms. The summed E-state index contributed by atoms with van der Waals surface area (Å²) in [6.45, 7) is 0.452. The maximum atomic E-state index is 11.1. The van der Waals surface area contributed by atoms with Gasteiger partial charge in [0.25, 0.3) is 0 Å². The number of hydrogen-bond acceptors (Lipinski definition) is 7. The molecule has 0 bridgehead atoms. The first-order chi connectivity index (χ1) is 9.36. The highest BCUT2D eigenvalue weighted by Crippen LogP contribution is 2.22. The van der Waals surface area contributed by atoms with E-state index in [0.29, 0.717) is 0 Å². The van der Waals surface area contributed by atoms with Crippen LogP contribution in [0.15, 0.2) is 0 Å². The molecule has 1 heterocycles. The van der Waals surface area contributed by atoms with Crippen molar-refractivity contribution in [3.63, 3.8) is 0 Å². The lowest BCUT2D eigenvalue weighted by molar-refractivity contribution is -0.262. The molecule has 1 amide bonds. The lowest BCUT2D eigenvalue weighted by Gasteiger charge is -2.42. The largest absolute Gasteiger partial charge is 0.481 e. The van der Waals surface area contributed by atoms with Crippen molar-refractivity contribution < 1.29 is 39.5 Å². The van der Waals surface area contributed by atoms with Crippen LogP contribution in [0.25, 0.3) is 0 Å². The zero-order chi connectivity index (χ0) is 15.3. The summed E-state index contributed by atoms with van der Waals surface area (Å²) in [7, 11) is 0. The van der Waals surface area contributed by atoms with E-state index in [1.54, 1.807) is 0 Å². The minimum atomic E-state index is -1.48. The summed E-state index contributed by atoms with van der Waals surface area (Å²) in [5.74, 6) is -1.55. The highest BCUT2D eigenvalue weighted by Gasteiger charge is 2.45. The van der Waals surface area contributed by atoms with Crippen molar-refractivity contribution >= 4 is 11.9 Å². The third-order valence-corrected chi connectivity index (χ3v) is 2.87. The summed E-state index contributed by atoms with van der Waals surface area (Å²) in [5.41, 5.74) is 0. The summed E-state index contributed by atoms with van der Waals surface area (Å²) in [5, 5.41) is 39.7. The fourth-order valence-corrected chi connectivity index (χ4v) is 1.95. The van der Waals surface area contributed by atoms with Crippen LogP contribution in [0, 0.1) is 0 Å². The van der Waals surface area contributed by atoms with Gasteiger partial charge in [0, 0.05) is 6.92 Å². The van der Waals surface area contributed by atoms with E-state index in [1.165, 1.54) is 6.92 Å². The third kappa shape index (κ3) is 4.39. The van der Waals surface area contributed by atoms with Gasteiger partial charge in [-0.25, -0.2) is 0 Å². The van der Waals surface area contributed by atoms with E-state index in [-0.39, 0.29) is 13.0 Å². The molecule has 1 fully saturated rings. The Bertz CT molecular complexity index is 349. The van der Waals surface area contributed by atoms with E-state index < -0.39 is 49.1 Å². The highest BCUT2D eigenvalue weighted by atomic mass is 16.6. The Labute approximate surface area is 115 Å². The summed E-state index contributed by atoms with van der Waals surface area (Å²) in [4.78, 5) is 21.5. The van der Waals surface area contributed by atoms with Crippen LogP contribution in [-0.4, -0.2) is 76.2 Å². The summed E-state index contributed by atoms with van der Waals surface area (Å²) in [6.07, 6.45) is -5.25. The zero-order valence-electron chi connectivity index (χ0n) is 10.9. The number of ether oxygens (including phenoxy) is 2. The quantitative estimate of drug-likeness (QED) is 0.359. The Morgan fingerprint density at radius 2 is 2.00 bits per heavy atom. The molecule has 0 radical (unpaired) electrons. The van der Waals surface area contributed by atoms with Gasteiger partial charge in [-0.3, -0.25) is 9.59 Å². The predicted molar refractivity (Wildman–Crippen MR) is 63.6 cm³/mol. The molecule has 5 atom stereocenters. The Morgan fingerprint density at radius 1 is 1.35 bits per heavy atom. The fourth-order valence-electron chi connectivity index (χ4n) is 1.95. The Hall–Kier alpha value is -1.26. The molecule has 0 saturated carbocycles. The molecule has 1 rings (SSSR count). The maximum absolute atomic E-state index is 11.1. The van der Waals surface area contributed by atoms with Crippen molar-refractivity contribution in [2.75, 3.05) is 13.2 Å². The molecule has 20 heavy (non-hydrogen) atoms. The van der Waals surface area contributed by atoms with Gasteiger partial charge in [-0.05, 0) is 0 Å². The van der Waals surface area contributed by atoms with Crippen molar-refractivity contribution in [1.82, 2.24) is 5.32 Å². The lowest BCUT2D eigenvalue weighted by atomic mass is 9.96. The van der Waals surface area contributed by atoms with E-state index in [2.05, 4.69) is 5.32 Å². The first-order valence-electron chi connectivity index (χ1n) is 6.09. The van der Waals surface area contributed by atoms with E-state index in [1.807, 2.05) is 0 Å². The van der Waals surface area contributed by atoms with Crippen molar-refractivity contribution in [2.24, 2.45) is 0 Å². The monoisotopic (exact) mass is 293 g/mol. The molecular weight excluding hydrogens is 274 g/mol. The van der Waals surface area contributed by atoms with Gasteiger partial charge in [0.05, 0.1) is 19.6 Å². The van der Waals surface area contributed by atoms with Gasteiger partial charge in [-0.1, -0.05) is 0 Å². The second-order valence-electron chi connectivity index (χ2n) is 4.44. The number of carboxylic acid groups (broad SMARTS) is 1. The molecule has 9 nitrogen and oxygen atoms in total. The molecular formula is C11H19NO8. The number of amides is 1. The van der Waals surface area contributed by atoms with Crippen LogP contribution in [0.3, 0.4) is 0 Å². The zero-order valence-corrected chi connectivity index (χ0v) is 10.9. The Kier molecular flexibility index (Phi) is 6.30. The van der Waals surface area contributed by atoms with Gasteiger partial charge in [0.2, 0.25) is 5.91 Å². The molecule has 5 N–H and O–H groups in total. The molecule has 0 unspecified atom stereocenters. The molecule has 1 aliphatic heterocycles. The van der Waals surface area contributed by atoms with E-state index in [0.717, 1.165) is 0 Å². The number of carbonyl (C=O) groups excluding carboxylic acids is 1. The van der Waals surface area contributed by atoms with E-state index in [9.17, 15) is 19.8 Å². The minimum Gasteiger partial charge on any atom is -0.481 e. The average molecular weight is 293 g/mol. The third-order valence-electron chi connectivity index (χ3n) is 2.87. The molecule has 1 saturated heterocycles. The topological polar surface area (TPSA) is 146 Å². The summed E-state index contributed by atoms with van der Waals surface area (Å²) < 4.78 is 10.2. The van der Waals surface area contributed by atoms with Gasteiger partial charge in [-0.15, -0.1) is 0 Å². The van der Waals surface area contributed by atoms with Crippen LogP contribution >= 0.6 is 0 Å². The van der Waals surface area contributed by atoms with Crippen LogP contribution in [-0.2, 0) is 19.1 Å². The summed E-state index contributed by atoms with van der Waals surface area (Å²) >= 11 is 0. The van der Waals surface area contributed by atoms with E-state index >= 15 is 0 Å². The van der Waals surface area contributed by atoms with Crippen LogP contribution in [0.4, 0.5) is 0 Å². The second-order valence-corrected chi connectivity index (χ2v) is 4.44. The molecule has 0 aromatic heterocycles. The Morgan fingerprint density at radius 3 is 2.50 bits per heavy atom. The molecule has 0 aromatic rings. The lowest BCUT2D eigenvalue weighted by Crippen LogP contribution is -2.64. The minimum absolute atomic E-state index is 0.210. The number of nitrogens with one attached hydrogen (secondary N) is 1. The van der Waals surface area contributed by atoms with Crippen LogP contribution in [0.2, 0.25) is 0 Å². The van der Waals surface area contributed by atoms with Crippen LogP contribution in [0.5, 0.6) is 0 Å². The van der Waals surface area contributed by atoms with Gasteiger partial charge >= 0.3 is 5.97 Å².